The van der Waals surface area contributed by atoms with Gasteiger partial charge >= 0.3 is 11.8 Å². The standard InChI is InChI=1S/C25H20N4O5/c1-33-21-13-19(10-11-20(21)22-14-26-15-34-22)29-25(32)24(31)28-18-9-5-8-17(12-18)27-23(30)16-6-3-2-4-7-16/h2-15H,1H3,(H,27,30)(H,28,31)(H,29,32). The monoisotopic (exact) mass is 456 g/mol. The Morgan fingerprint density at radius 1 is 0.794 bits per heavy atom. The van der Waals surface area contributed by atoms with E-state index in [1.807, 2.05) is 6.07 Å². The van der Waals surface area contributed by atoms with Gasteiger partial charge < -0.3 is 25.1 Å². The number of nitrogens with one attached hydrogen (secondary N) is 3. The fraction of sp³-hybridized carbons (Fsp3) is 0.0400. The molecule has 0 atom stereocenters. The van der Waals surface area contributed by atoms with Gasteiger partial charge in [0.1, 0.15) is 5.75 Å². The molecule has 0 aliphatic rings. The molecule has 9 heteroatoms. The van der Waals surface area contributed by atoms with E-state index in [-0.39, 0.29) is 5.91 Å². The van der Waals surface area contributed by atoms with Crippen molar-refractivity contribution in [3.05, 3.63) is 91.0 Å². The van der Waals surface area contributed by atoms with Crippen LogP contribution in [0.15, 0.2) is 89.8 Å². The van der Waals surface area contributed by atoms with Crippen molar-refractivity contribution in [2.24, 2.45) is 0 Å². The topological polar surface area (TPSA) is 123 Å². The number of carbonyl (C=O) groups excluding carboxylic acids is 3. The molecule has 9 nitrogen and oxygen atoms in total. The summed E-state index contributed by atoms with van der Waals surface area (Å²) in [6, 6.07) is 20.1. The number of nitrogens with zero attached hydrogens (tertiary/aromatic N) is 1. The first-order valence-electron chi connectivity index (χ1n) is 10.2. The Labute approximate surface area is 194 Å². The molecule has 0 aliphatic carbocycles. The fourth-order valence-corrected chi connectivity index (χ4v) is 3.16. The summed E-state index contributed by atoms with van der Waals surface area (Å²) < 4.78 is 10.6. The van der Waals surface area contributed by atoms with E-state index in [2.05, 4.69) is 20.9 Å². The van der Waals surface area contributed by atoms with E-state index in [4.69, 9.17) is 9.15 Å². The van der Waals surface area contributed by atoms with Crippen molar-refractivity contribution in [2.75, 3.05) is 23.1 Å². The Kier molecular flexibility index (Phi) is 6.64. The highest BCUT2D eigenvalue weighted by Crippen LogP contribution is 2.32. The number of rotatable bonds is 6. The number of aromatic nitrogens is 1. The maximum atomic E-state index is 12.4. The van der Waals surface area contributed by atoms with E-state index in [0.717, 1.165) is 0 Å². The predicted octanol–water partition coefficient (Wildman–Crippen LogP) is 4.18. The van der Waals surface area contributed by atoms with Crippen molar-refractivity contribution in [2.45, 2.75) is 0 Å². The number of hydrogen-bond acceptors (Lipinski definition) is 6. The zero-order valence-electron chi connectivity index (χ0n) is 18.1. The van der Waals surface area contributed by atoms with Crippen molar-refractivity contribution >= 4 is 34.8 Å². The van der Waals surface area contributed by atoms with Gasteiger partial charge in [-0.05, 0) is 42.5 Å². The number of anilines is 3. The Bertz CT molecular complexity index is 1320. The van der Waals surface area contributed by atoms with Crippen LogP contribution in [0.25, 0.3) is 11.3 Å². The first kappa shape index (κ1) is 22.3. The number of hydrogen-bond donors (Lipinski definition) is 3. The van der Waals surface area contributed by atoms with Crippen LogP contribution in [0.3, 0.4) is 0 Å². The van der Waals surface area contributed by atoms with Crippen molar-refractivity contribution in [3.63, 3.8) is 0 Å². The maximum absolute atomic E-state index is 12.4. The third kappa shape index (κ3) is 5.28. The first-order valence-corrected chi connectivity index (χ1v) is 10.2. The van der Waals surface area contributed by atoms with E-state index in [0.29, 0.717) is 39.7 Å². The summed E-state index contributed by atoms with van der Waals surface area (Å²) in [5.41, 5.74) is 2.34. The molecule has 3 N–H and O–H groups in total. The number of methoxy groups -OCH3 is 1. The van der Waals surface area contributed by atoms with Crippen molar-refractivity contribution in [1.82, 2.24) is 4.98 Å². The summed E-state index contributed by atoms with van der Waals surface area (Å²) in [6.07, 6.45) is 2.84. The van der Waals surface area contributed by atoms with E-state index in [1.165, 1.54) is 13.5 Å². The molecule has 4 aromatic rings. The highest BCUT2D eigenvalue weighted by atomic mass is 16.5. The zero-order valence-corrected chi connectivity index (χ0v) is 18.1. The SMILES string of the molecule is COc1cc(NC(=O)C(=O)Nc2cccc(NC(=O)c3ccccc3)c2)ccc1-c1cnco1. The average Bonchev–Trinajstić information content (AvgIpc) is 3.39. The normalized spacial score (nSPS) is 10.3. The summed E-state index contributed by atoms with van der Waals surface area (Å²) in [7, 11) is 1.48. The van der Waals surface area contributed by atoms with Gasteiger partial charge in [0, 0.05) is 28.7 Å². The number of oxazole rings is 1. The molecule has 0 saturated carbocycles. The van der Waals surface area contributed by atoms with Gasteiger partial charge in [0.25, 0.3) is 5.91 Å². The molecule has 3 aromatic carbocycles. The smallest absolute Gasteiger partial charge is 0.314 e. The lowest BCUT2D eigenvalue weighted by Gasteiger charge is -2.11. The second-order valence-electron chi connectivity index (χ2n) is 7.09. The average molecular weight is 456 g/mol. The third-order valence-electron chi connectivity index (χ3n) is 4.78. The maximum Gasteiger partial charge on any atom is 0.314 e. The summed E-state index contributed by atoms with van der Waals surface area (Å²) in [5.74, 6) is -1.08. The fourth-order valence-electron chi connectivity index (χ4n) is 3.16. The van der Waals surface area contributed by atoms with E-state index in [1.54, 1.807) is 72.9 Å². The second kappa shape index (κ2) is 10.1. The molecule has 4 rings (SSSR count). The summed E-state index contributed by atoms with van der Waals surface area (Å²) in [5, 5.41) is 7.81. The van der Waals surface area contributed by atoms with Crippen LogP contribution in [-0.4, -0.2) is 29.8 Å². The van der Waals surface area contributed by atoms with Crippen molar-refractivity contribution < 1.29 is 23.5 Å². The van der Waals surface area contributed by atoms with Gasteiger partial charge in [0.2, 0.25) is 0 Å². The summed E-state index contributed by atoms with van der Waals surface area (Å²) >= 11 is 0. The van der Waals surface area contributed by atoms with Gasteiger partial charge in [-0.1, -0.05) is 24.3 Å². The molecule has 0 aliphatic heterocycles. The number of carbonyl (C=O) groups is 3. The highest BCUT2D eigenvalue weighted by Gasteiger charge is 2.17. The van der Waals surface area contributed by atoms with E-state index >= 15 is 0 Å². The van der Waals surface area contributed by atoms with Crippen molar-refractivity contribution in [3.8, 4) is 17.1 Å². The molecule has 3 amide bonds. The Morgan fingerprint density at radius 2 is 1.47 bits per heavy atom. The van der Waals surface area contributed by atoms with Crippen LogP contribution >= 0.6 is 0 Å². The molecule has 1 heterocycles. The Morgan fingerprint density at radius 3 is 2.12 bits per heavy atom. The van der Waals surface area contributed by atoms with E-state index < -0.39 is 11.8 Å². The summed E-state index contributed by atoms with van der Waals surface area (Å²) in [4.78, 5) is 41.0. The minimum Gasteiger partial charge on any atom is -0.496 e. The largest absolute Gasteiger partial charge is 0.496 e. The Hall–Kier alpha value is -4.92. The molecule has 0 radical (unpaired) electrons. The first-order chi connectivity index (χ1) is 16.5. The molecule has 0 saturated heterocycles. The minimum absolute atomic E-state index is 0.287. The van der Waals surface area contributed by atoms with Crippen LogP contribution in [0.5, 0.6) is 5.75 Å². The van der Waals surface area contributed by atoms with Crippen LogP contribution in [0, 0.1) is 0 Å². The van der Waals surface area contributed by atoms with Gasteiger partial charge in [0.05, 0.1) is 18.9 Å². The second-order valence-corrected chi connectivity index (χ2v) is 7.09. The number of benzene rings is 3. The van der Waals surface area contributed by atoms with Crippen LogP contribution in [0.2, 0.25) is 0 Å². The quantitative estimate of drug-likeness (QED) is 0.374. The van der Waals surface area contributed by atoms with Gasteiger partial charge in [0.15, 0.2) is 12.2 Å². The molecular weight excluding hydrogens is 436 g/mol. The molecule has 170 valence electrons. The van der Waals surface area contributed by atoms with Crippen molar-refractivity contribution in [1.29, 1.82) is 0 Å². The Balaban J connectivity index is 1.40. The lowest BCUT2D eigenvalue weighted by Crippen LogP contribution is -2.29. The highest BCUT2D eigenvalue weighted by molar-refractivity contribution is 6.43. The van der Waals surface area contributed by atoms with Gasteiger partial charge in [-0.15, -0.1) is 0 Å². The number of amides is 3. The van der Waals surface area contributed by atoms with Crippen LogP contribution in [0.1, 0.15) is 10.4 Å². The van der Waals surface area contributed by atoms with Crippen LogP contribution < -0.4 is 20.7 Å². The molecular formula is C25H20N4O5. The predicted molar refractivity (Wildman–Crippen MR) is 127 cm³/mol. The summed E-state index contributed by atoms with van der Waals surface area (Å²) in [6.45, 7) is 0. The van der Waals surface area contributed by atoms with E-state index in [9.17, 15) is 14.4 Å². The van der Waals surface area contributed by atoms with Crippen LogP contribution in [0.4, 0.5) is 17.1 Å². The molecule has 0 bridgehead atoms. The molecule has 0 spiro atoms. The molecule has 0 fully saturated rings. The third-order valence-corrected chi connectivity index (χ3v) is 4.78. The molecule has 1 aromatic heterocycles. The van der Waals surface area contributed by atoms with Crippen LogP contribution in [-0.2, 0) is 9.59 Å². The van der Waals surface area contributed by atoms with Gasteiger partial charge in [-0.2, -0.15) is 0 Å². The molecule has 34 heavy (non-hydrogen) atoms. The zero-order chi connectivity index (χ0) is 23.9. The van der Waals surface area contributed by atoms with Gasteiger partial charge in [-0.25, -0.2) is 4.98 Å². The minimum atomic E-state index is -0.871. The lowest BCUT2D eigenvalue weighted by molar-refractivity contribution is -0.132. The number of ether oxygens (including phenoxy) is 1. The lowest BCUT2D eigenvalue weighted by atomic mass is 10.1. The molecule has 0 unspecified atom stereocenters. The van der Waals surface area contributed by atoms with Gasteiger partial charge in [-0.3, -0.25) is 14.4 Å².